The van der Waals surface area contributed by atoms with E-state index in [2.05, 4.69) is 0 Å². The third-order valence-electron chi connectivity index (χ3n) is 3.53. The summed E-state index contributed by atoms with van der Waals surface area (Å²) in [7, 11) is -4.94. The summed E-state index contributed by atoms with van der Waals surface area (Å²) >= 11 is 0. The molecule has 9 nitrogen and oxygen atoms in total. The minimum Gasteiger partial charge on any atom is -0.481 e. The molecule has 0 saturated carbocycles. The molecule has 2 atom stereocenters. The third-order valence-corrected chi connectivity index (χ3v) is 4.45. The van der Waals surface area contributed by atoms with Crippen LogP contribution in [0.25, 0.3) is 0 Å². The fourth-order valence-electron chi connectivity index (χ4n) is 2.39. The van der Waals surface area contributed by atoms with E-state index < -0.39 is 49.7 Å². The van der Waals surface area contributed by atoms with Crippen molar-refractivity contribution >= 4 is 21.9 Å². The number of nitrogens with two attached hydrogens (primary N) is 2. The van der Waals surface area contributed by atoms with Gasteiger partial charge in [-0.05, 0) is 6.08 Å². The maximum absolute atomic E-state index is 12.6. The molecular weight excluding hydrogens is 340 g/mol. The first-order valence-corrected chi connectivity index (χ1v) is 7.95. The molecule has 0 aromatic heterocycles. The summed E-state index contributed by atoms with van der Waals surface area (Å²) in [5.41, 5.74) is 6.80. The third kappa shape index (κ3) is 2.95. The van der Waals surface area contributed by atoms with Crippen LogP contribution in [0.2, 0.25) is 0 Å². The molecule has 1 aliphatic rings. The first kappa shape index (κ1) is 17.8. The summed E-state index contributed by atoms with van der Waals surface area (Å²) in [5.74, 6) is -4.67. The topological polar surface area (TPSA) is 181 Å². The maximum atomic E-state index is 12.6. The summed E-state index contributed by atoms with van der Waals surface area (Å²) in [5, 5.41) is 19.5. The lowest BCUT2D eigenvalue weighted by Gasteiger charge is -2.34. The van der Waals surface area contributed by atoms with Gasteiger partial charge in [-0.15, -0.1) is 0 Å². The van der Waals surface area contributed by atoms with Crippen molar-refractivity contribution in [1.82, 2.24) is 0 Å². The first-order valence-electron chi connectivity index (χ1n) is 6.51. The van der Waals surface area contributed by atoms with Crippen LogP contribution in [-0.2, 0) is 14.9 Å². The van der Waals surface area contributed by atoms with Gasteiger partial charge in [0.1, 0.15) is 10.8 Å². The molecule has 0 radical (unpaired) electrons. The van der Waals surface area contributed by atoms with Crippen molar-refractivity contribution in [3.05, 3.63) is 58.1 Å². The summed E-state index contributed by atoms with van der Waals surface area (Å²) in [6.07, 6.45) is 0.495. The summed E-state index contributed by atoms with van der Waals surface area (Å²) in [6, 6.07) is 7.29. The SMILES string of the molecule is NC1=C(C(=O)c2ccccc2)C(N)(O)C(C(=O)O)C=C1S(=O)(=O)O. The fraction of sp³-hybridized carbons (Fsp3) is 0.143. The Bertz CT molecular complexity index is 870. The van der Waals surface area contributed by atoms with Gasteiger partial charge < -0.3 is 15.9 Å². The minimum atomic E-state index is -4.94. The van der Waals surface area contributed by atoms with Gasteiger partial charge in [-0.2, -0.15) is 8.42 Å². The van der Waals surface area contributed by atoms with Crippen LogP contribution in [0.5, 0.6) is 0 Å². The molecule has 0 fully saturated rings. The number of aliphatic hydroxyl groups is 1. The Balaban J connectivity index is 2.75. The molecule has 2 unspecified atom stereocenters. The van der Waals surface area contributed by atoms with E-state index in [4.69, 9.17) is 11.5 Å². The van der Waals surface area contributed by atoms with Crippen molar-refractivity contribution in [2.75, 3.05) is 0 Å². The van der Waals surface area contributed by atoms with Gasteiger partial charge in [0.15, 0.2) is 11.5 Å². The van der Waals surface area contributed by atoms with Crippen molar-refractivity contribution in [2.24, 2.45) is 17.4 Å². The minimum absolute atomic E-state index is 0.0000477. The predicted molar refractivity (Wildman–Crippen MR) is 81.9 cm³/mol. The second-order valence-corrected chi connectivity index (χ2v) is 6.52. The van der Waals surface area contributed by atoms with Gasteiger partial charge in [0.25, 0.3) is 10.1 Å². The summed E-state index contributed by atoms with van der Waals surface area (Å²) in [6.45, 7) is 0. The van der Waals surface area contributed by atoms with Crippen molar-refractivity contribution in [3.8, 4) is 0 Å². The van der Waals surface area contributed by atoms with E-state index in [1.807, 2.05) is 0 Å². The second kappa shape index (κ2) is 5.83. The number of ketones is 1. The number of benzene rings is 1. The molecule has 1 aromatic rings. The molecule has 7 N–H and O–H groups in total. The summed E-state index contributed by atoms with van der Waals surface area (Å²) < 4.78 is 32.1. The number of rotatable bonds is 4. The van der Waals surface area contributed by atoms with Gasteiger partial charge in [-0.1, -0.05) is 30.3 Å². The molecule has 24 heavy (non-hydrogen) atoms. The van der Waals surface area contributed by atoms with Gasteiger partial charge >= 0.3 is 5.97 Å². The van der Waals surface area contributed by atoms with Crippen LogP contribution in [0, 0.1) is 5.92 Å². The molecule has 0 heterocycles. The molecule has 128 valence electrons. The van der Waals surface area contributed by atoms with E-state index in [9.17, 15) is 32.8 Å². The largest absolute Gasteiger partial charge is 0.481 e. The number of Topliss-reactive ketones (excluding diaryl/α,β-unsaturated/α-hetero) is 1. The van der Waals surface area contributed by atoms with E-state index >= 15 is 0 Å². The molecule has 2 rings (SSSR count). The van der Waals surface area contributed by atoms with Gasteiger partial charge in [-0.3, -0.25) is 19.9 Å². The summed E-state index contributed by atoms with van der Waals surface area (Å²) in [4.78, 5) is 22.9. The van der Waals surface area contributed by atoms with Crippen LogP contribution in [0.3, 0.4) is 0 Å². The number of carboxylic acids is 1. The molecule has 1 aliphatic carbocycles. The number of aliphatic carboxylic acids is 1. The van der Waals surface area contributed by atoms with Crippen molar-refractivity contribution in [3.63, 3.8) is 0 Å². The predicted octanol–water partition coefficient (Wildman–Crippen LogP) is -0.784. The Kier molecular flexibility index (Phi) is 4.33. The maximum Gasteiger partial charge on any atom is 0.315 e. The van der Waals surface area contributed by atoms with Gasteiger partial charge in [-0.25, -0.2) is 0 Å². The Morgan fingerprint density at radius 3 is 2.17 bits per heavy atom. The van der Waals surface area contributed by atoms with Crippen molar-refractivity contribution in [2.45, 2.75) is 5.72 Å². The zero-order valence-electron chi connectivity index (χ0n) is 12.1. The van der Waals surface area contributed by atoms with E-state index in [0.717, 1.165) is 0 Å². The molecule has 0 spiro atoms. The average Bonchev–Trinajstić information content (AvgIpc) is 2.45. The molecular formula is C14H14N2O7S. The number of carbonyl (C=O) groups is 2. The van der Waals surface area contributed by atoms with E-state index in [1.54, 1.807) is 6.07 Å². The number of carbonyl (C=O) groups excluding carboxylic acids is 1. The molecule has 0 saturated heterocycles. The van der Waals surface area contributed by atoms with Gasteiger partial charge in [0, 0.05) is 5.56 Å². The standard InChI is InChI=1S/C14H14N2O7S/c15-11-9(24(21,22)23)6-8(13(18)19)14(16,20)10(11)12(17)7-4-2-1-3-5-7/h1-6,8,20H,15-16H2,(H,18,19)(H,21,22,23). The lowest BCUT2D eigenvalue weighted by Crippen LogP contribution is -2.56. The Morgan fingerprint density at radius 2 is 1.71 bits per heavy atom. The highest BCUT2D eigenvalue weighted by Gasteiger charge is 2.49. The van der Waals surface area contributed by atoms with Gasteiger partial charge in [0.05, 0.1) is 11.3 Å². The fourth-order valence-corrected chi connectivity index (χ4v) is 3.07. The van der Waals surface area contributed by atoms with Crippen LogP contribution in [0.15, 0.2) is 52.6 Å². The van der Waals surface area contributed by atoms with Crippen LogP contribution in [-0.4, -0.2) is 40.7 Å². The van der Waals surface area contributed by atoms with E-state index in [0.29, 0.717) is 6.08 Å². The second-order valence-electron chi connectivity index (χ2n) is 5.13. The smallest absolute Gasteiger partial charge is 0.315 e. The zero-order valence-corrected chi connectivity index (χ0v) is 12.9. The highest BCUT2D eigenvalue weighted by Crippen LogP contribution is 2.36. The molecule has 0 bridgehead atoms. The Labute approximate surface area is 136 Å². The monoisotopic (exact) mass is 354 g/mol. The lowest BCUT2D eigenvalue weighted by molar-refractivity contribution is -0.146. The highest BCUT2D eigenvalue weighted by molar-refractivity contribution is 7.90. The van der Waals surface area contributed by atoms with Crippen LogP contribution < -0.4 is 11.5 Å². The zero-order chi connectivity index (χ0) is 18.3. The van der Waals surface area contributed by atoms with E-state index in [1.165, 1.54) is 24.3 Å². The molecule has 10 heteroatoms. The van der Waals surface area contributed by atoms with Crippen molar-refractivity contribution < 1.29 is 32.8 Å². The Morgan fingerprint density at radius 1 is 1.17 bits per heavy atom. The highest BCUT2D eigenvalue weighted by atomic mass is 32.2. The lowest BCUT2D eigenvalue weighted by atomic mass is 9.80. The quantitative estimate of drug-likeness (QED) is 0.263. The molecule has 1 aromatic carbocycles. The molecule has 0 aliphatic heterocycles. The first-order chi connectivity index (χ1) is 11.0. The van der Waals surface area contributed by atoms with Crippen molar-refractivity contribution in [1.29, 1.82) is 0 Å². The average molecular weight is 354 g/mol. The number of carboxylic acid groups (broad SMARTS) is 1. The van der Waals surface area contributed by atoms with Gasteiger partial charge in [0.2, 0.25) is 0 Å². The van der Waals surface area contributed by atoms with Crippen LogP contribution in [0.4, 0.5) is 0 Å². The number of hydrogen-bond donors (Lipinski definition) is 5. The normalized spacial score (nSPS) is 24.5. The van der Waals surface area contributed by atoms with Crippen LogP contribution >= 0.6 is 0 Å². The van der Waals surface area contributed by atoms with E-state index in [-0.39, 0.29) is 5.56 Å². The number of hydrogen-bond acceptors (Lipinski definition) is 7. The van der Waals surface area contributed by atoms with Crippen LogP contribution in [0.1, 0.15) is 10.4 Å². The molecule has 0 amide bonds. The Hall–Kier alpha value is -2.53.